The van der Waals surface area contributed by atoms with Crippen molar-refractivity contribution in [3.05, 3.63) is 131 Å². The number of allylic oxidation sites excluding steroid dienone is 4. The number of carbonyl (C=O) groups is 2. The van der Waals surface area contributed by atoms with Gasteiger partial charge in [0, 0.05) is 22.3 Å². The molecule has 0 unspecified atom stereocenters. The van der Waals surface area contributed by atoms with Crippen molar-refractivity contribution in [2.75, 3.05) is 14.2 Å². The first-order valence-electron chi connectivity index (χ1n) is 10.2. The minimum Gasteiger partial charge on any atom is -0.872 e. The van der Waals surface area contributed by atoms with Crippen molar-refractivity contribution in [2.24, 2.45) is 0 Å². The van der Waals surface area contributed by atoms with E-state index in [0.717, 1.165) is 23.7 Å². The zero-order valence-corrected chi connectivity index (χ0v) is 30.9. The molecular formula is C28H20Hg2O6. The van der Waals surface area contributed by atoms with Crippen LogP contribution in [0.3, 0.4) is 0 Å². The molecule has 2 aromatic rings. The summed E-state index contributed by atoms with van der Waals surface area (Å²) in [5, 5.41) is 23.3. The minimum absolute atomic E-state index is 0. The number of ether oxygens (including phenoxy) is 2. The Hall–Kier alpha value is -2.63. The Morgan fingerprint density at radius 2 is 1.03 bits per heavy atom. The molecule has 0 amide bonds. The summed E-state index contributed by atoms with van der Waals surface area (Å²) in [4.78, 5) is 24.3. The third-order valence-corrected chi connectivity index (χ3v) is 4.85. The van der Waals surface area contributed by atoms with Crippen molar-refractivity contribution in [2.45, 2.75) is 0 Å². The van der Waals surface area contributed by atoms with Gasteiger partial charge in [-0.3, -0.25) is 9.59 Å². The Morgan fingerprint density at radius 1 is 0.639 bits per heavy atom. The second kappa shape index (κ2) is 15.5. The largest absolute Gasteiger partial charge is 1.00 e. The van der Waals surface area contributed by atoms with Gasteiger partial charge in [0.15, 0.2) is 11.6 Å². The summed E-state index contributed by atoms with van der Waals surface area (Å²) in [6.07, 6.45) is 14.7. The molecule has 8 heteroatoms. The monoisotopic (exact) mass is 856 g/mol. The van der Waals surface area contributed by atoms with Gasteiger partial charge < -0.3 is 19.7 Å². The van der Waals surface area contributed by atoms with Crippen LogP contribution in [0.15, 0.2) is 95.8 Å². The average molecular weight is 854 g/mol. The molecule has 2 aromatic carbocycles. The number of ketones is 2. The van der Waals surface area contributed by atoms with E-state index in [4.69, 9.17) is 9.47 Å². The van der Waals surface area contributed by atoms with Crippen LogP contribution >= 0.6 is 0 Å². The molecule has 3 aliphatic carbocycles. The van der Waals surface area contributed by atoms with Crippen LogP contribution < -0.4 is 10.2 Å². The van der Waals surface area contributed by atoms with Crippen molar-refractivity contribution in [1.82, 2.24) is 0 Å². The fourth-order valence-electron chi connectivity index (χ4n) is 3.18. The Morgan fingerprint density at radius 3 is 1.31 bits per heavy atom. The molecule has 6 nitrogen and oxygen atoms in total. The second-order valence-electron chi connectivity index (χ2n) is 6.90. The Labute approximate surface area is 251 Å². The zero-order valence-electron chi connectivity index (χ0n) is 19.9. The maximum Gasteiger partial charge on any atom is 1.00 e. The summed E-state index contributed by atoms with van der Waals surface area (Å²) in [6.45, 7) is 0. The van der Waals surface area contributed by atoms with E-state index in [-0.39, 0.29) is 77.6 Å². The third-order valence-electron chi connectivity index (χ3n) is 4.85. The molecule has 5 rings (SSSR count). The number of rotatable bonds is 2. The van der Waals surface area contributed by atoms with Crippen LogP contribution in [0.5, 0.6) is 11.5 Å². The topological polar surface area (TPSA) is 98.7 Å². The molecule has 4 radical (unpaired) electrons. The number of methoxy groups -OCH3 is 2. The van der Waals surface area contributed by atoms with Crippen LogP contribution in [-0.2, 0) is 64.8 Å². The van der Waals surface area contributed by atoms with Gasteiger partial charge in [0.2, 0.25) is 0 Å². The molecule has 0 aromatic heterocycles. The molecular weight excluding hydrogens is 833 g/mol. The van der Waals surface area contributed by atoms with Crippen molar-refractivity contribution in [1.29, 1.82) is 0 Å². The van der Waals surface area contributed by atoms with E-state index in [1.54, 1.807) is 26.4 Å². The van der Waals surface area contributed by atoms with Crippen LogP contribution in [0.1, 0.15) is 31.8 Å². The van der Waals surface area contributed by atoms with E-state index in [1.165, 1.54) is 12.1 Å². The van der Waals surface area contributed by atoms with E-state index < -0.39 is 23.1 Å². The molecule has 0 saturated carbocycles. The van der Waals surface area contributed by atoms with Gasteiger partial charge in [0.05, 0.1) is 27.1 Å². The maximum absolute atomic E-state index is 12.1. The molecule has 0 heterocycles. The molecule has 0 saturated heterocycles. The summed E-state index contributed by atoms with van der Waals surface area (Å²) < 4.78 is 9.79. The minimum atomic E-state index is -0.586. The number of hydrogen-bond donors (Lipinski definition) is 0. The van der Waals surface area contributed by atoms with Crippen LogP contribution in [-0.4, -0.2) is 25.8 Å². The van der Waals surface area contributed by atoms with Gasteiger partial charge in [0.1, 0.15) is 11.5 Å². The number of benzene rings is 2. The molecule has 172 valence electrons. The molecule has 0 aliphatic heterocycles. The summed E-state index contributed by atoms with van der Waals surface area (Å²) in [5.41, 5.74) is 5.53. The smallest absolute Gasteiger partial charge is 0.872 e. The first kappa shape index (κ1) is 31.4. The quantitative estimate of drug-likeness (QED) is 0.290. The fourth-order valence-corrected chi connectivity index (χ4v) is 3.18. The number of carbonyl (C=O) groups excluding carboxylic acids is 2. The van der Waals surface area contributed by atoms with E-state index >= 15 is 0 Å². The molecule has 0 bridgehead atoms. The van der Waals surface area contributed by atoms with E-state index in [2.05, 4.69) is 11.5 Å². The van der Waals surface area contributed by atoms with Crippen molar-refractivity contribution in [3.8, 4) is 11.5 Å². The van der Waals surface area contributed by atoms with Gasteiger partial charge in [-0.25, -0.2) is 0 Å². The summed E-state index contributed by atoms with van der Waals surface area (Å²) in [5.74, 6) is -0.520. The predicted molar refractivity (Wildman–Crippen MR) is 123 cm³/mol. The third kappa shape index (κ3) is 7.68. The van der Waals surface area contributed by atoms with Gasteiger partial charge in [-0.1, -0.05) is 47.9 Å². The maximum atomic E-state index is 12.1. The van der Waals surface area contributed by atoms with E-state index in [1.807, 2.05) is 49.3 Å². The van der Waals surface area contributed by atoms with Crippen molar-refractivity contribution >= 4 is 11.6 Å². The molecule has 0 fully saturated rings. The summed E-state index contributed by atoms with van der Waals surface area (Å²) >= 11 is 0. The standard InChI is InChI=1S/C14H8O4.2C7H7O.2Hg/c15-9-5-6-10(16)12-11(9)13(17)7-3-1-2-4-8(7)14(12)18;2*1-8-7-5-3-2-4-6-7;;/h1-6,15-16H;2*3-6H,1H3;;/q;;;2*+1/p-2. The number of hydrogen-bond acceptors (Lipinski definition) is 6. The molecule has 0 atom stereocenters. The van der Waals surface area contributed by atoms with E-state index in [9.17, 15) is 19.8 Å². The Balaban J connectivity index is 0.000000303. The molecule has 0 spiro atoms. The van der Waals surface area contributed by atoms with Crippen LogP contribution in [0, 0.1) is 12.8 Å². The van der Waals surface area contributed by atoms with Gasteiger partial charge in [-0.15, -0.1) is 11.5 Å². The Kier molecular flexibility index (Phi) is 13.5. The Bertz CT molecular complexity index is 1210. The van der Waals surface area contributed by atoms with Crippen molar-refractivity contribution in [3.63, 3.8) is 0 Å². The van der Waals surface area contributed by atoms with Gasteiger partial charge >= 0.3 is 55.3 Å². The van der Waals surface area contributed by atoms with Crippen LogP contribution in [0.25, 0.3) is 0 Å². The summed E-state index contributed by atoms with van der Waals surface area (Å²) in [7, 11) is 3.30. The van der Waals surface area contributed by atoms with Gasteiger partial charge in [-0.05, 0) is 36.5 Å². The van der Waals surface area contributed by atoms with E-state index in [0.29, 0.717) is 0 Å². The zero-order chi connectivity index (χ0) is 24.5. The predicted octanol–water partition coefficient (Wildman–Crippen LogP) is 3.50. The normalized spacial score (nSPS) is 13.6. The first-order valence-corrected chi connectivity index (χ1v) is 10.2. The van der Waals surface area contributed by atoms with Crippen LogP contribution in [0.4, 0.5) is 0 Å². The SMILES string of the molecule is COC1=CC=C=C[CH]1.COC1=CC=C=C[CH]1.O=C1c2ccccc2C(=O)c2c([O-])ccc([O-])c21.[Hg+].[Hg+]. The average Bonchev–Trinajstić information content (AvgIpc) is 2.90. The first-order chi connectivity index (χ1) is 16.5. The van der Waals surface area contributed by atoms with Crippen molar-refractivity contribution < 1.29 is 84.6 Å². The van der Waals surface area contributed by atoms with Gasteiger partial charge in [0.25, 0.3) is 0 Å². The molecule has 36 heavy (non-hydrogen) atoms. The fraction of sp³-hybridized carbons (Fsp3) is 0.0714. The second-order valence-corrected chi connectivity index (χ2v) is 6.90. The molecule has 3 aliphatic rings. The van der Waals surface area contributed by atoms with Crippen LogP contribution in [0.2, 0.25) is 0 Å². The number of fused-ring (bicyclic) bond motifs is 2. The summed E-state index contributed by atoms with van der Waals surface area (Å²) in [6, 6.07) is 8.24. The van der Waals surface area contributed by atoms with Gasteiger partial charge in [-0.2, -0.15) is 0 Å². The molecule has 0 N–H and O–H groups in total.